The Bertz CT molecular complexity index is 962. The number of nitrogens with one attached hydrogen (secondary N) is 1. The number of piperazine rings is 1. The second kappa shape index (κ2) is 6.50. The van der Waals surface area contributed by atoms with Crippen molar-refractivity contribution in [1.29, 1.82) is 0 Å². The molecule has 1 saturated heterocycles. The molecule has 5 nitrogen and oxygen atoms in total. The van der Waals surface area contributed by atoms with Gasteiger partial charge in [0, 0.05) is 49.3 Å². The lowest BCUT2D eigenvalue weighted by molar-refractivity contribution is 0.0704. The number of phenols is 1. The van der Waals surface area contributed by atoms with Crippen LogP contribution in [0.4, 0.5) is 0 Å². The van der Waals surface area contributed by atoms with E-state index in [4.69, 9.17) is 0 Å². The third-order valence-electron chi connectivity index (χ3n) is 5.35. The van der Waals surface area contributed by atoms with Crippen molar-refractivity contribution >= 4 is 16.8 Å². The van der Waals surface area contributed by atoms with Crippen LogP contribution in [0.1, 0.15) is 27.7 Å². The first-order valence-corrected chi connectivity index (χ1v) is 8.92. The first-order chi connectivity index (χ1) is 12.6. The highest BCUT2D eigenvalue weighted by Gasteiger charge is 2.28. The number of carbonyl (C=O) groups excluding carboxylic acids is 1. The summed E-state index contributed by atoms with van der Waals surface area (Å²) in [6.45, 7) is 4.04. The maximum Gasteiger partial charge on any atom is 0.256 e. The van der Waals surface area contributed by atoms with E-state index in [-0.39, 0.29) is 17.7 Å². The van der Waals surface area contributed by atoms with Crippen molar-refractivity contribution in [2.24, 2.45) is 7.05 Å². The van der Waals surface area contributed by atoms with Crippen molar-refractivity contribution < 1.29 is 9.90 Å². The zero-order valence-electron chi connectivity index (χ0n) is 15.1. The molecule has 0 unspecified atom stereocenters. The molecule has 0 radical (unpaired) electrons. The Hall–Kier alpha value is -2.79. The van der Waals surface area contributed by atoms with Gasteiger partial charge in [0.2, 0.25) is 0 Å². The SMILES string of the molecule is Cc1c(C(=O)N2CCN[C@H](c3ccccc3)C2)c2cc(O)ccc2n1C. The Morgan fingerprint density at radius 1 is 1.19 bits per heavy atom. The van der Waals surface area contributed by atoms with Crippen LogP contribution >= 0.6 is 0 Å². The maximum absolute atomic E-state index is 13.3. The molecule has 0 aliphatic carbocycles. The number of amides is 1. The molecule has 1 aromatic heterocycles. The largest absolute Gasteiger partial charge is 0.508 e. The fourth-order valence-corrected chi connectivity index (χ4v) is 3.83. The summed E-state index contributed by atoms with van der Waals surface area (Å²) in [7, 11) is 1.95. The number of nitrogens with zero attached hydrogens (tertiary/aromatic N) is 2. The molecule has 1 aliphatic rings. The van der Waals surface area contributed by atoms with Crippen molar-refractivity contribution in [2.45, 2.75) is 13.0 Å². The van der Waals surface area contributed by atoms with Crippen molar-refractivity contribution in [1.82, 2.24) is 14.8 Å². The van der Waals surface area contributed by atoms with Gasteiger partial charge < -0.3 is 19.9 Å². The highest BCUT2D eigenvalue weighted by molar-refractivity contribution is 6.08. The molecule has 26 heavy (non-hydrogen) atoms. The Morgan fingerprint density at radius 3 is 2.73 bits per heavy atom. The third-order valence-corrected chi connectivity index (χ3v) is 5.35. The average Bonchev–Trinajstić information content (AvgIpc) is 2.92. The van der Waals surface area contributed by atoms with E-state index >= 15 is 0 Å². The molecular weight excluding hydrogens is 326 g/mol. The topological polar surface area (TPSA) is 57.5 Å². The number of hydrogen-bond acceptors (Lipinski definition) is 3. The lowest BCUT2D eigenvalue weighted by atomic mass is 10.0. The van der Waals surface area contributed by atoms with Crippen LogP contribution in [0.2, 0.25) is 0 Å². The van der Waals surface area contributed by atoms with Gasteiger partial charge in [-0.05, 0) is 30.7 Å². The van der Waals surface area contributed by atoms with Gasteiger partial charge in [0.05, 0.1) is 5.56 Å². The van der Waals surface area contributed by atoms with Crippen LogP contribution in [0, 0.1) is 6.92 Å². The Labute approximate surface area is 152 Å². The summed E-state index contributed by atoms with van der Waals surface area (Å²) in [6.07, 6.45) is 0. The summed E-state index contributed by atoms with van der Waals surface area (Å²) in [5, 5.41) is 14.2. The van der Waals surface area contributed by atoms with Crippen LogP contribution in [0.5, 0.6) is 5.75 Å². The molecule has 5 heteroatoms. The molecule has 2 heterocycles. The van der Waals surface area contributed by atoms with E-state index in [1.165, 1.54) is 5.56 Å². The molecule has 1 aliphatic heterocycles. The van der Waals surface area contributed by atoms with Gasteiger partial charge in [-0.25, -0.2) is 0 Å². The summed E-state index contributed by atoms with van der Waals surface area (Å²) in [5.41, 5.74) is 3.76. The van der Waals surface area contributed by atoms with Gasteiger partial charge in [0.25, 0.3) is 5.91 Å². The van der Waals surface area contributed by atoms with Gasteiger partial charge in [0.15, 0.2) is 0 Å². The van der Waals surface area contributed by atoms with E-state index in [0.717, 1.165) is 23.1 Å². The number of benzene rings is 2. The summed E-state index contributed by atoms with van der Waals surface area (Å²) >= 11 is 0. The van der Waals surface area contributed by atoms with Crippen LogP contribution in [0.25, 0.3) is 10.9 Å². The average molecular weight is 349 g/mol. The summed E-state index contributed by atoms with van der Waals surface area (Å²) in [6, 6.07) is 15.6. The first kappa shape index (κ1) is 16.7. The minimum Gasteiger partial charge on any atom is -0.508 e. The molecule has 0 spiro atoms. The fraction of sp³-hybridized carbons (Fsp3) is 0.286. The van der Waals surface area contributed by atoms with Crippen LogP contribution in [-0.4, -0.2) is 40.1 Å². The van der Waals surface area contributed by atoms with E-state index in [1.54, 1.807) is 12.1 Å². The van der Waals surface area contributed by atoms with Crippen LogP contribution in [0.3, 0.4) is 0 Å². The zero-order valence-corrected chi connectivity index (χ0v) is 15.1. The predicted octanol–water partition coefficient (Wildman–Crippen LogP) is 2.98. The Kier molecular flexibility index (Phi) is 4.17. The Balaban J connectivity index is 1.69. The minimum atomic E-state index is 0.0288. The van der Waals surface area contributed by atoms with Gasteiger partial charge in [0.1, 0.15) is 5.75 Å². The number of hydrogen-bond donors (Lipinski definition) is 2. The number of phenolic OH excluding ortho intramolecular Hbond substituents is 1. The Morgan fingerprint density at radius 2 is 1.96 bits per heavy atom. The van der Waals surface area contributed by atoms with E-state index < -0.39 is 0 Å². The molecular formula is C21H23N3O2. The van der Waals surface area contributed by atoms with Crippen molar-refractivity contribution in [3.8, 4) is 5.75 Å². The minimum absolute atomic E-state index is 0.0288. The molecule has 1 fully saturated rings. The molecule has 0 saturated carbocycles. The van der Waals surface area contributed by atoms with E-state index in [2.05, 4.69) is 17.4 Å². The van der Waals surface area contributed by atoms with Crippen molar-refractivity contribution in [2.75, 3.05) is 19.6 Å². The van der Waals surface area contributed by atoms with Gasteiger partial charge in [-0.2, -0.15) is 0 Å². The number of carbonyl (C=O) groups is 1. The molecule has 1 amide bonds. The molecule has 1 atom stereocenters. The van der Waals surface area contributed by atoms with E-state index in [1.807, 2.05) is 47.7 Å². The predicted molar refractivity (Wildman–Crippen MR) is 102 cm³/mol. The van der Waals surface area contributed by atoms with Crippen molar-refractivity contribution in [3.63, 3.8) is 0 Å². The highest BCUT2D eigenvalue weighted by Crippen LogP contribution is 2.30. The lowest BCUT2D eigenvalue weighted by Gasteiger charge is -2.34. The number of aromatic hydroxyl groups is 1. The third kappa shape index (κ3) is 2.74. The molecule has 3 aromatic rings. The molecule has 134 valence electrons. The smallest absolute Gasteiger partial charge is 0.256 e. The lowest BCUT2D eigenvalue weighted by Crippen LogP contribution is -2.48. The molecule has 2 N–H and O–H groups in total. The van der Waals surface area contributed by atoms with E-state index in [0.29, 0.717) is 18.7 Å². The molecule has 4 rings (SSSR count). The normalized spacial score (nSPS) is 17.6. The zero-order chi connectivity index (χ0) is 18.3. The highest BCUT2D eigenvalue weighted by atomic mass is 16.3. The van der Waals surface area contributed by atoms with Gasteiger partial charge in [-0.15, -0.1) is 0 Å². The number of fused-ring (bicyclic) bond motifs is 1. The monoisotopic (exact) mass is 349 g/mol. The quantitative estimate of drug-likeness (QED) is 0.748. The number of rotatable bonds is 2. The van der Waals surface area contributed by atoms with Crippen LogP contribution in [0.15, 0.2) is 48.5 Å². The first-order valence-electron chi connectivity index (χ1n) is 8.92. The van der Waals surface area contributed by atoms with Crippen molar-refractivity contribution in [3.05, 3.63) is 65.4 Å². The van der Waals surface area contributed by atoms with Crippen LogP contribution in [-0.2, 0) is 7.05 Å². The van der Waals surface area contributed by atoms with Gasteiger partial charge >= 0.3 is 0 Å². The summed E-state index contributed by atoms with van der Waals surface area (Å²) in [4.78, 5) is 15.3. The van der Waals surface area contributed by atoms with Gasteiger partial charge in [-0.3, -0.25) is 4.79 Å². The van der Waals surface area contributed by atoms with Crippen LogP contribution < -0.4 is 5.32 Å². The van der Waals surface area contributed by atoms with Gasteiger partial charge in [-0.1, -0.05) is 30.3 Å². The fourth-order valence-electron chi connectivity index (χ4n) is 3.83. The molecule has 0 bridgehead atoms. The number of aryl methyl sites for hydroxylation is 1. The molecule has 2 aromatic carbocycles. The second-order valence-electron chi connectivity index (χ2n) is 6.89. The number of aromatic nitrogens is 1. The van der Waals surface area contributed by atoms with E-state index in [9.17, 15) is 9.90 Å². The standard InChI is InChI=1S/C21H23N3O2/c1-14-20(17-12-16(25)8-9-19(17)23(14)2)21(26)24-11-10-22-18(13-24)15-6-4-3-5-7-15/h3-9,12,18,22,25H,10-11,13H2,1-2H3/t18-/m0/s1. The maximum atomic E-state index is 13.3. The second-order valence-corrected chi connectivity index (χ2v) is 6.89. The summed E-state index contributed by atoms with van der Waals surface area (Å²) < 4.78 is 2.01. The summed E-state index contributed by atoms with van der Waals surface area (Å²) in [5.74, 6) is 0.209.